The number of methoxy groups -OCH3 is 1. The lowest BCUT2D eigenvalue weighted by atomic mass is 9.98. The van der Waals surface area contributed by atoms with E-state index in [0.29, 0.717) is 13.0 Å². The first-order chi connectivity index (χ1) is 8.26. The number of ether oxygens (including phenoxy) is 1. The smallest absolute Gasteiger partial charge is 0.254 e. The Bertz CT molecular complexity index is 417. The second kappa shape index (κ2) is 5.19. The molecule has 1 aliphatic heterocycles. The van der Waals surface area contributed by atoms with Crippen LogP contribution in [0.3, 0.4) is 0 Å². The zero-order valence-electron chi connectivity index (χ0n) is 9.98. The minimum Gasteiger partial charge on any atom is -0.497 e. The fourth-order valence-corrected chi connectivity index (χ4v) is 2.11. The summed E-state index contributed by atoms with van der Waals surface area (Å²) in [6, 6.07) is 5.56. The summed E-state index contributed by atoms with van der Waals surface area (Å²) < 4.78 is 5.15. The molecule has 1 heterocycles. The molecule has 0 atom stereocenters. The summed E-state index contributed by atoms with van der Waals surface area (Å²) in [6.07, 6.45) is 1.49. The SMILES string of the molecule is COc1ccc2c(c1)CCN(CCCO)C2=O. The Balaban J connectivity index is 2.18. The molecule has 0 saturated heterocycles. The van der Waals surface area contributed by atoms with Crippen molar-refractivity contribution in [2.75, 3.05) is 26.8 Å². The molecule has 0 spiro atoms. The third kappa shape index (κ3) is 2.42. The molecule has 0 aromatic heterocycles. The number of aliphatic hydroxyl groups excluding tert-OH is 1. The van der Waals surface area contributed by atoms with Crippen molar-refractivity contribution in [3.05, 3.63) is 29.3 Å². The molecule has 2 rings (SSSR count). The molecule has 0 radical (unpaired) electrons. The second-order valence-electron chi connectivity index (χ2n) is 4.14. The van der Waals surface area contributed by atoms with E-state index in [2.05, 4.69) is 0 Å². The van der Waals surface area contributed by atoms with E-state index in [0.717, 1.165) is 29.8 Å². The van der Waals surface area contributed by atoms with Crippen molar-refractivity contribution < 1.29 is 14.6 Å². The van der Waals surface area contributed by atoms with Crippen LogP contribution >= 0.6 is 0 Å². The molecular weight excluding hydrogens is 218 g/mol. The molecule has 0 bridgehead atoms. The number of carbonyl (C=O) groups is 1. The zero-order valence-corrected chi connectivity index (χ0v) is 9.98. The number of carbonyl (C=O) groups excluding carboxylic acids is 1. The van der Waals surface area contributed by atoms with Crippen LogP contribution in [0.5, 0.6) is 5.75 Å². The van der Waals surface area contributed by atoms with Crippen molar-refractivity contribution in [2.24, 2.45) is 0 Å². The van der Waals surface area contributed by atoms with Crippen LogP contribution in [0.4, 0.5) is 0 Å². The Hall–Kier alpha value is -1.55. The molecule has 1 aromatic rings. The zero-order chi connectivity index (χ0) is 12.3. The Labute approximate surface area is 101 Å². The first kappa shape index (κ1) is 11.9. The van der Waals surface area contributed by atoms with Gasteiger partial charge < -0.3 is 14.7 Å². The molecule has 0 fully saturated rings. The van der Waals surface area contributed by atoms with Crippen LogP contribution in [-0.4, -0.2) is 42.7 Å². The fraction of sp³-hybridized carbons (Fsp3) is 0.462. The van der Waals surface area contributed by atoms with Gasteiger partial charge in [-0.15, -0.1) is 0 Å². The van der Waals surface area contributed by atoms with E-state index in [1.54, 1.807) is 12.0 Å². The van der Waals surface area contributed by atoms with Crippen LogP contribution in [-0.2, 0) is 6.42 Å². The Kier molecular flexibility index (Phi) is 3.64. The monoisotopic (exact) mass is 235 g/mol. The molecule has 1 amide bonds. The largest absolute Gasteiger partial charge is 0.497 e. The van der Waals surface area contributed by atoms with Gasteiger partial charge in [0.05, 0.1) is 7.11 Å². The maximum atomic E-state index is 12.1. The van der Waals surface area contributed by atoms with Crippen molar-refractivity contribution in [2.45, 2.75) is 12.8 Å². The quantitative estimate of drug-likeness (QED) is 0.849. The fourth-order valence-electron chi connectivity index (χ4n) is 2.11. The molecule has 4 nitrogen and oxygen atoms in total. The van der Waals surface area contributed by atoms with Crippen LogP contribution in [0.25, 0.3) is 0 Å². The summed E-state index contributed by atoms with van der Waals surface area (Å²) in [5, 5.41) is 8.79. The molecular formula is C13H17NO3. The van der Waals surface area contributed by atoms with Gasteiger partial charge in [-0.1, -0.05) is 0 Å². The minimum absolute atomic E-state index is 0.0577. The molecule has 4 heteroatoms. The third-order valence-electron chi connectivity index (χ3n) is 3.07. The highest BCUT2D eigenvalue weighted by Gasteiger charge is 2.23. The topological polar surface area (TPSA) is 49.8 Å². The first-order valence-electron chi connectivity index (χ1n) is 5.83. The number of hydrogen-bond donors (Lipinski definition) is 1. The minimum atomic E-state index is 0.0577. The summed E-state index contributed by atoms with van der Waals surface area (Å²) in [4.78, 5) is 13.9. The molecule has 92 valence electrons. The van der Waals surface area contributed by atoms with Crippen molar-refractivity contribution in [1.82, 2.24) is 4.90 Å². The predicted molar refractivity (Wildman–Crippen MR) is 64.3 cm³/mol. The Morgan fingerprint density at radius 3 is 3.00 bits per heavy atom. The highest BCUT2D eigenvalue weighted by atomic mass is 16.5. The number of nitrogens with zero attached hydrogens (tertiary/aromatic N) is 1. The van der Waals surface area contributed by atoms with Gasteiger partial charge in [0.1, 0.15) is 5.75 Å². The van der Waals surface area contributed by atoms with Crippen molar-refractivity contribution in [3.63, 3.8) is 0 Å². The van der Waals surface area contributed by atoms with Crippen LogP contribution in [0.15, 0.2) is 18.2 Å². The van der Waals surface area contributed by atoms with Crippen molar-refractivity contribution >= 4 is 5.91 Å². The maximum Gasteiger partial charge on any atom is 0.254 e. The Morgan fingerprint density at radius 1 is 1.47 bits per heavy atom. The number of rotatable bonds is 4. The molecule has 1 aromatic carbocycles. The predicted octanol–water partition coefficient (Wildman–Crippen LogP) is 1.08. The molecule has 0 saturated carbocycles. The van der Waals surface area contributed by atoms with Gasteiger partial charge in [-0.05, 0) is 36.6 Å². The standard InChI is InChI=1S/C13H17NO3/c1-17-11-3-4-12-10(9-11)5-7-14(13(12)16)6-2-8-15/h3-4,9,15H,2,5-8H2,1H3. The van der Waals surface area contributed by atoms with Gasteiger partial charge in [-0.3, -0.25) is 4.79 Å². The van der Waals surface area contributed by atoms with E-state index in [4.69, 9.17) is 9.84 Å². The summed E-state index contributed by atoms with van der Waals surface area (Å²) in [7, 11) is 1.62. The van der Waals surface area contributed by atoms with E-state index >= 15 is 0 Å². The summed E-state index contributed by atoms with van der Waals surface area (Å²) in [6.45, 7) is 1.47. The lowest BCUT2D eigenvalue weighted by molar-refractivity contribution is 0.0729. The first-order valence-corrected chi connectivity index (χ1v) is 5.83. The van der Waals surface area contributed by atoms with Gasteiger partial charge in [0.15, 0.2) is 0 Å². The summed E-state index contributed by atoms with van der Waals surface area (Å²) >= 11 is 0. The van der Waals surface area contributed by atoms with E-state index < -0.39 is 0 Å². The molecule has 0 aliphatic carbocycles. The van der Waals surface area contributed by atoms with Gasteiger partial charge in [0.25, 0.3) is 5.91 Å². The van der Waals surface area contributed by atoms with Crippen molar-refractivity contribution in [3.8, 4) is 5.75 Å². The van der Waals surface area contributed by atoms with E-state index in [1.165, 1.54) is 0 Å². The number of amides is 1. The van der Waals surface area contributed by atoms with Gasteiger partial charge >= 0.3 is 0 Å². The van der Waals surface area contributed by atoms with E-state index in [9.17, 15) is 4.79 Å². The highest BCUT2D eigenvalue weighted by molar-refractivity contribution is 5.96. The number of hydrogen-bond acceptors (Lipinski definition) is 3. The molecule has 0 unspecified atom stereocenters. The van der Waals surface area contributed by atoms with Gasteiger partial charge in [0, 0.05) is 25.3 Å². The summed E-state index contributed by atoms with van der Waals surface area (Å²) in [5.41, 5.74) is 1.81. The van der Waals surface area contributed by atoms with Crippen LogP contribution < -0.4 is 4.74 Å². The lowest BCUT2D eigenvalue weighted by Gasteiger charge is -2.28. The summed E-state index contributed by atoms with van der Waals surface area (Å²) in [5.74, 6) is 0.850. The van der Waals surface area contributed by atoms with Crippen LogP contribution in [0.2, 0.25) is 0 Å². The van der Waals surface area contributed by atoms with Gasteiger partial charge in [0.2, 0.25) is 0 Å². The molecule has 1 N–H and O–H groups in total. The number of fused-ring (bicyclic) bond motifs is 1. The van der Waals surface area contributed by atoms with Crippen LogP contribution in [0.1, 0.15) is 22.3 Å². The highest BCUT2D eigenvalue weighted by Crippen LogP contribution is 2.23. The van der Waals surface area contributed by atoms with Crippen LogP contribution in [0, 0.1) is 0 Å². The normalized spacial score (nSPS) is 14.7. The van der Waals surface area contributed by atoms with Gasteiger partial charge in [-0.2, -0.15) is 0 Å². The lowest BCUT2D eigenvalue weighted by Crippen LogP contribution is -2.38. The average Bonchev–Trinajstić information content (AvgIpc) is 2.37. The second-order valence-corrected chi connectivity index (χ2v) is 4.14. The number of aliphatic hydroxyl groups is 1. The van der Waals surface area contributed by atoms with E-state index in [-0.39, 0.29) is 12.5 Å². The molecule has 17 heavy (non-hydrogen) atoms. The number of benzene rings is 1. The van der Waals surface area contributed by atoms with Crippen molar-refractivity contribution in [1.29, 1.82) is 0 Å². The Morgan fingerprint density at radius 2 is 2.29 bits per heavy atom. The molecule has 1 aliphatic rings. The average molecular weight is 235 g/mol. The van der Waals surface area contributed by atoms with E-state index in [1.807, 2.05) is 18.2 Å². The maximum absolute atomic E-state index is 12.1. The third-order valence-corrected chi connectivity index (χ3v) is 3.07. The van der Waals surface area contributed by atoms with Gasteiger partial charge in [-0.25, -0.2) is 0 Å².